The fourth-order valence-corrected chi connectivity index (χ4v) is 2.82. The van der Waals surface area contributed by atoms with Crippen LogP contribution in [0.2, 0.25) is 0 Å². The van der Waals surface area contributed by atoms with E-state index >= 15 is 0 Å². The molecular weight excluding hydrogens is 392 g/mol. The van der Waals surface area contributed by atoms with Crippen molar-refractivity contribution in [3.05, 3.63) is 52.5 Å². The van der Waals surface area contributed by atoms with Gasteiger partial charge in [0.2, 0.25) is 5.88 Å². The molecule has 0 aliphatic heterocycles. The number of halogens is 2. The third kappa shape index (κ3) is 6.57. The van der Waals surface area contributed by atoms with Gasteiger partial charge in [0.05, 0.1) is 6.04 Å². The van der Waals surface area contributed by atoms with Crippen LogP contribution < -0.4 is 10.1 Å². The summed E-state index contributed by atoms with van der Waals surface area (Å²) in [6, 6.07) is 4.65. The number of alkyl halides is 2. The second-order valence-electron chi connectivity index (χ2n) is 7.57. The first-order chi connectivity index (χ1) is 14.1. The number of carbonyl (C=O) groups excluding carboxylic acids is 2. The minimum atomic E-state index is -2.58. The number of nitrogens with zero attached hydrogens (tertiary/aromatic N) is 2. The van der Waals surface area contributed by atoms with Gasteiger partial charge in [0, 0.05) is 41.1 Å². The second kappa shape index (κ2) is 10.2. The predicted molar refractivity (Wildman–Crippen MR) is 109 cm³/mol. The zero-order chi connectivity index (χ0) is 22.4. The summed E-state index contributed by atoms with van der Waals surface area (Å²) in [7, 11) is 0. The number of ether oxygens (including phenoxy) is 1. The van der Waals surface area contributed by atoms with Crippen molar-refractivity contribution in [2.75, 3.05) is 6.61 Å². The van der Waals surface area contributed by atoms with E-state index in [0.29, 0.717) is 28.1 Å². The molecule has 0 fully saturated rings. The van der Waals surface area contributed by atoms with E-state index in [1.807, 2.05) is 13.8 Å². The van der Waals surface area contributed by atoms with Gasteiger partial charge in [0.15, 0.2) is 6.61 Å². The number of pyridine rings is 2. The molecular formula is C22H27F2N3O3. The number of aromatic nitrogens is 2. The summed E-state index contributed by atoms with van der Waals surface area (Å²) in [4.78, 5) is 33.2. The molecule has 2 rings (SSSR count). The van der Waals surface area contributed by atoms with Crippen LogP contribution >= 0.6 is 0 Å². The zero-order valence-electron chi connectivity index (χ0n) is 17.8. The van der Waals surface area contributed by atoms with Crippen LogP contribution in [0.15, 0.2) is 24.4 Å². The number of ketones is 1. The largest absolute Gasteiger partial charge is 0.471 e. The Morgan fingerprint density at radius 3 is 2.43 bits per heavy atom. The fourth-order valence-electron chi connectivity index (χ4n) is 2.82. The molecule has 8 heteroatoms. The van der Waals surface area contributed by atoms with Crippen molar-refractivity contribution in [2.24, 2.45) is 5.92 Å². The molecule has 0 radical (unpaired) electrons. The Morgan fingerprint density at radius 1 is 1.13 bits per heavy atom. The van der Waals surface area contributed by atoms with Gasteiger partial charge in [-0.1, -0.05) is 13.8 Å². The van der Waals surface area contributed by atoms with Crippen molar-refractivity contribution in [1.29, 1.82) is 0 Å². The quantitative estimate of drug-likeness (QED) is 0.665. The van der Waals surface area contributed by atoms with Crippen molar-refractivity contribution in [1.82, 2.24) is 15.3 Å². The van der Waals surface area contributed by atoms with E-state index in [-0.39, 0.29) is 36.0 Å². The highest BCUT2D eigenvalue weighted by atomic mass is 19.3. The average molecular weight is 419 g/mol. The smallest absolute Gasteiger partial charge is 0.272 e. The van der Waals surface area contributed by atoms with Crippen LogP contribution in [0.25, 0.3) is 0 Å². The van der Waals surface area contributed by atoms with E-state index in [4.69, 9.17) is 4.74 Å². The number of hydrogen-bond donors (Lipinski definition) is 1. The summed E-state index contributed by atoms with van der Waals surface area (Å²) in [5.74, 6) is -0.208. The summed E-state index contributed by atoms with van der Waals surface area (Å²) in [6.45, 7) is 8.21. The topological polar surface area (TPSA) is 81.2 Å². The van der Waals surface area contributed by atoms with Gasteiger partial charge in [-0.3, -0.25) is 14.6 Å². The molecule has 0 aromatic carbocycles. The van der Waals surface area contributed by atoms with Gasteiger partial charge in [-0.25, -0.2) is 13.8 Å². The van der Waals surface area contributed by atoms with E-state index in [1.165, 1.54) is 6.20 Å². The van der Waals surface area contributed by atoms with Crippen LogP contribution in [0, 0.1) is 19.8 Å². The molecule has 0 saturated carbocycles. The van der Waals surface area contributed by atoms with Gasteiger partial charge in [-0.15, -0.1) is 0 Å². The van der Waals surface area contributed by atoms with Crippen LogP contribution in [0.3, 0.4) is 0 Å². The monoisotopic (exact) mass is 419 g/mol. The Hall–Kier alpha value is -2.90. The van der Waals surface area contributed by atoms with Crippen LogP contribution in [0.1, 0.15) is 59.7 Å². The number of amides is 1. The molecule has 162 valence electrons. The van der Waals surface area contributed by atoms with E-state index in [1.54, 1.807) is 39.0 Å². The van der Waals surface area contributed by atoms with E-state index in [0.717, 1.165) is 0 Å². The number of aryl methyl sites for hydroxylation is 2. The van der Waals surface area contributed by atoms with Gasteiger partial charge in [0.1, 0.15) is 5.78 Å². The van der Waals surface area contributed by atoms with Gasteiger partial charge in [-0.2, -0.15) is 0 Å². The lowest BCUT2D eigenvalue weighted by Gasteiger charge is -2.16. The Bertz CT molecular complexity index is 916. The number of carbonyl (C=O) groups is 2. The summed E-state index contributed by atoms with van der Waals surface area (Å²) in [5.41, 5.74) is 2.95. The number of hydrogen-bond acceptors (Lipinski definition) is 5. The highest BCUT2D eigenvalue weighted by molar-refractivity contribution is 5.95. The average Bonchev–Trinajstić information content (AvgIpc) is 2.66. The molecule has 0 aliphatic carbocycles. The van der Waals surface area contributed by atoms with Crippen LogP contribution in [-0.4, -0.2) is 34.7 Å². The van der Waals surface area contributed by atoms with Crippen LogP contribution in [-0.2, 0) is 11.2 Å². The number of Topliss-reactive ketones (excluding diaryl/α,β-unsaturated/α-hetero) is 1. The van der Waals surface area contributed by atoms with Gasteiger partial charge in [0.25, 0.3) is 12.3 Å². The molecule has 2 heterocycles. The van der Waals surface area contributed by atoms with Crippen molar-refractivity contribution in [2.45, 2.75) is 53.5 Å². The Labute approximate surface area is 175 Å². The number of rotatable bonds is 9. The van der Waals surface area contributed by atoms with Gasteiger partial charge < -0.3 is 10.1 Å². The van der Waals surface area contributed by atoms with E-state index < -0.39 is 13.0 Å². The molecule has 1 N–H and O–H groups in total. The molecule has 0 bridgehead atoms. The number of nitrogens with one attached hydrogen (secondary N) is 1. The molecule has 1 unspecified atom stereocenters. The minimum Gasteiger partial charge on any atom is -0.471 e. The Balaban J connectivity index is 2.11. The lowest BCUT2D eigenvalue weighted by atomic mass is 10.0. The summed E-state index contributed by atoms with van der Waals surface area (Å²) in [5, 5.41) is 2.89. The Kier molecular flexibility index (Phi) is 7.97. The SMILES string of the molecule is Cc1cc(C(=O)NC(C)c2cnc(OCC(F)F)c(C)c2)cc(CC(=O)C(C)C)n1. The molecule has 1 atom stereocenters. The first-order valence-electron chi connectivity index (χ1n) is 9.75. The summed E-state index contributed by atoms with van der Waals surface area (Å²) in [6.07, 6.45) is -0.907. The fraction of sp³-hybridized carbons (Fsp3) is 0.455. The summed E-state index contributed by atoms with van der Waals surface area (Å²) < 4.78 is 29.6. The minimum absolute atomic E-state index is 0.0588. The summed E-state index contributed by atoms with van der Waals surface area (Å²) >= 11 is 0. The maximum Gasteiger partial charge on any atom is 0.272 e. The maximum atomic E-state index is 12.7. The third-order valence-corrected chi connectivity index (χ3v) is 4.51. The predicted octanol–water partition coefficient (Wildman–Crippen LogP) is 4.00. The molecule has 0 saturated heterocycles. The van der Waals surface area contributed by atoms with Gasteiger partial charge in [-0.05, 0) is 44.5 Å². The second-order valence-corrected chi connectivity index (χ2v) is 7.57. The normalized spacial score (nSPS) is 12.2. The first kappa shape index (κ1) is 23.4. The lowest BCUT2D eigenvalue weighted by molar-refractivity contribution is -0.121. The molecule has 30 heavy (non-hydrogen) atoms. The highest BCUT2D eigenvalue weighted by Crippen LogP contribution is 2.21. The van der Waals surface area contributed by atoms with Crippen LogP contribution in [0.4, 0.5) is 8.78 Å². The first-order valence-corrected chi connectivity index (χ1v) is 9.75. The van der Waals surface area contributed by atoms with Gasteiger partial charge >= 0.3 is 0 Å². The maximum absolute atomic E-state index is 12.7. The molecule has 0 spiro atoms. The molecule has 2 aromatic rings. The highest BCUT2D eigenvalue weighted by Gasteiger charge is 2.17. The molecule has 6 nitrogen and oxygen atoms in total. The van der Waals surface area contributed by atoms with E-state index in [2.05, 4.69) is 15.3 Å². The lowest BCUT2D eigenvalue weighted by Crippen LogP contribution is -2.27. The van der Waals surface area contributed by atoms with Crippen molar-refractivity contribution in [3.63, 3.8) is 0 Å². The third-order valence-electron chi connectivity index (χ3n) is 4.51. The Morgan fingerprint density at radius 2 is 1.83 bits per heavy atom. The van der Waals surface area contributed by atoms with Crippen molar-refractivity contribution >= 4 is 11.7 Å². The van der Waals surface area contributed by atoms with E-state index in [9.17, 15) is 18.4 Å². The van der Waals surface area contributed by atoms with Crippen molar-refractivity contribution < 1.29 is 23.1 Å². The zero-order valence-corrected chi connectivity index (χ0v) is 17.8. The molecule has 0 aliphatic rings. The van der Waals surface area contributed by atoms with Crippen molar-refractivity contribution in [3.8, 4) is 5.88 Å². The molecule has 1 amide bonds. The van der Waals surface area contributed by atoms with Crippen LogP contribution in [0.5, 0.6) is 5.88 Å². The molecule has 2 aromatic heterocycles. The standard InChI is InChI=1S/C22H27F2N3O3/c1-12(2)19(28)9-18-8-16(7-14(4)26-18)21(29)27-15(5)17-6-13(3)22(25-10-17)30-11-20(23)24/h6-8,10,12,15,20H,9,11H2,1-5H3,(H,27,29).